The molecule has 0 atom stereocenters. The van der Waals surface area contributed by atoms with E-state index in [1.807, 2.05) is 18.2 Å². The van der Waals surface area contributed by atoms with E-state index in [4.69, 9.17) is 10.5 Å². The minimum absolute atomic E-state index is 0.518. The zero-order valence-corrected chi connectivity index (χ0v) is 10.7. The first-order chi connectivity index (χ1) is 8.83. The fourth-order valence-corrected chi connectivity index (χ4v) is 2.68. The fraction of sp³-hybridized carbons (Fsp3) is 0.333. The summed E-state index contributed by atoms with van der Waals surface area (Å²) in [6.07, 6.45) is 1.00. The molecule has 1 aromatic carbocycles. The van der Waals surface area contributed by atoms with Crippen molar-refractivity contribution in [1.82, 2.24) is 10.2 Å². The van der Waals surface area contributed by atoms with Gasteiger partial charge in [0.15, 0.2) is 0 Å². The number of ether oxygens (including phenoxy) is 1. The molecule has 2 aromatic rings. The minimum atomic E-state index is 0.518. The molecule has 0 fully saturated rings. The van der Waals surface area contributed by atoms with Crippen molar-refractivity contribution >= 4 is 22.2 Å². The molecule has 94 valence electrons. The largest absolute Gasteiger partial charge is 0.491 e. The van der Waals surface area contributed by atoms with E-state index in [1.165, 1.54) is 11.3 Å². The van der Waals surface area contributed by atoms with E-state index in [1.54, 1.807) is 0 Å². The first-order valence-electron chi connectivity index (χ1n) is 5.87. The topological polar surface area (TPSA) is 64.3 Å². The summed E-state index contributed by atoms with van der Waals surface area (Å²) in [5, 5.41) is 9.38. The number of nitrogens with two attached hydrogens (primary N) is 1. The van der Waals surface area contributed by atoms with Crippen LogP contribution in [-0.4, -0.2) is 23.3 Å². The van der Waals surface area contributed by atoms with Gasteiger partial charge in [-0.05, 0) is 18.6 Å². The fourth-order valence-electron chi connectivity index (χ4n) is 2.06. The van der Waals surface area contributed by atoms with Crippen molar-refractivity contribution in [3.8, 4) is 5.75 Å². The number of hydrogen-bond acceptors (Lipinski definition) is 6. The van der Waals surface area contributed by atoms with Gasteiger partial charge in [-0.15, -0.1) is 10.2 Å². The molecule has 0 radical (unpaired) electrons. The van der Waals surface area contributed by atoms with Gasteiger partial charge in [0.1, 0.15) is 10.8 Å². The van der Waals surface area contributed by atoms with Crippen molar-refractivity contribution in [2.75, 3.05) is 23.8 Å². The van der Waals surface area contributed by atoms with E-state index < -0.39 is 0 Å². The van der Waals surface area contributed by atoms with Gasteiger partial charge >= 0.3 is 0 Å². The molecule has 6 heteroatoms. The highest BCUT2D eigenvalue weighted by molar-refractivity contribution is 7.15. The third-order valence-electron chi connectivity index (χ3n) is 2.84. The van der Waals surface area contributed by atoms with Crippen LogP contribution in [0.4, 0.5) is 10.8 Å². The third kappa shape index (κ3) is 2.24. The lowest BCUT2D eigenvalue weighted by atomic mass is 10.2. The summed E-state index contributed by atoms with van der Waals surface area (Å²) in [4.78, 5) is 2.27. The number of anilines is 2. The Bertz CT molecular complexity index is 542. The predicted octanol–water partition coefficient (Wildman–Crippen LogP) is 1.91. The van der Waals surface area contributed by atoms with Crippen LogP contribution in [0.2, 0.25) is 0 Å². The van der Waals surface area contributed by atoms with Gasteiger partial charge in [0.05, 0.1) is 18.8 Å². The Morgan fingerprint density at radius 2 is 2.22 bits per heavy atom. The summed E-state index contributed by atoms with van der Waals surface area (Å²) >= 11 is 1.44. The minimum Gasteiger partial charge on any atom is -0.491 e. The average Bonchev–Trinajstić information content (AvgIpc) is 2.68. The maximum atomic E-state index is 5.72. The van der Waals surface area contributed by atoms with Gasteiger partial charge in [-0.25, -0.2) is 0 Å². The molecule has 0 spiro atoms. The summed E-state index contributed by atoms with van der Waals surface area (Å²) in [7, 11) is 0. The van der Waals surface area contributed by atoms with Crippen molar-refractivity contribution in [2.45, 2.75) is 13.0 Å². The van der Waals surface area contributed by atoms with Gasteiger partial charge in [0.25, 0.3) is 0 Å². The van der Waals surface area contributed by atoms with Crippen LogP contribution in [0.1, 0.15) is 11.4 Å². The number of para-hydroxylation sites is 2. The Kier molecular flexibility index (Phi) is 3.02. The van der Waals surface area contributed by atoms with E-state index in [0.29, 0.717) is 5.13 Å². The molecular formula is C12H14N4OS. The van der Waals surface area contributed by atoms with Gasteiger partial charge in [-0.3, -0.25) is 0 Å². The maximum absolute atomic E-state index is 5.72. The van der Waals surface area contributed by atoms with Crippen LogP contribution in [0.3, 0.4) is 0 Å². The molecule has 5 nitrogen and oxygen atoms in total. The van der Waals surface area contributed by atoms with Gasteiger partial charge in [-0.2, -0.15) is 0 Å². The highest BCUT2D eigenvalue weighted by Gasteiger charge is 2.17. The van der Waals surface area contributed by atoms with E-state index in [-0.39, 0.29) is 0 Å². The highest BCUT2D eigenvalue weighted by atomic mass is 32.1. The van der Waals surface area contributed by atoms with Crippen LogP contribution in [0.15, 0.2) is 24.3 Å². The Hall–Kier alpha value is -1.82. The van der Waals surface area contributed by atoms with Gasteiger partial charge in [0, 0.05) is 6.54 Å². The number of benzene rings is 1. The summed E-state index contributed by atoms with van der Waals surface area (Å²) in [5.74, 6) is 0.937. The SMILES string of the molecule is Nc1nnc(CN2CCCOc3ccccc32)s1. The summed E-state index contributed by atoms with van der Waals surface area (Å²) in [5.41, 5.74) is 6.73. The third-order valence-corrected chi connectivity index (χ3v) is 3.58. The number of rotatable bonds is 2. The zero-order chi connectivity index (χ0) is 12.4. The number of aromatic nitrogens is 2. The second-order valence-corrected chi connectivity index (χ2v) is 5.22. The molecule has 2 heterocycles. The lowest BCUT2D eigenvalue weighted by molar-refractivity contribution is 0.322. The molecule has 0 saturated carbocycles. The van der Waals surface area contributed by atoms with Crippen LogP contribution in [0.5, 0.6) is 5.75 Å². The molecule has 18 heavy (non-hydrogen) atoms. The molecule has 1 aliphatic rings. The van der Waals surface area contributed by atoms with Gasteiger partial charge < -0.3 is 15.4 Å². The molecule has 2 N–H and O–H groups in total. The standard InChI is InChI=1S/C12H14N4OS/c13-12-15-14-11(18-12)8-16-6-3-7-17-10-5-2-1-4-9(10)16/h1-2,4-5H,3,6-8H2,(H2,13,15). The van der Waals surface area contributed by atoms with Crippen molar-refractivity contribution in [3.05, 3.63) is 29.3 Å². The summed E-state index contributed by atoms with van der Waals surface area (Å²) in [6, 6.07) is 8.09. The van der Waals surface area contributed by atoms with Crippen LogP contribution in [-0.2, 0) is 6.54 Å². The van der Waals surface area contributed by atoms with Crippen molar-refractivity contribution in [3.63, 3.8) is 0 Å². The van der Waals surface area contributed by atoms with Crippen molar-refractivity contribution < 1.29 is 4.74 Å². The Labute approximate surface area is 109 Å². The Morgan fingerprint density at radius 1 is 1.33 bits per heavy atom. The van der Waals surface area contributed by atoms with E-state index >= 15 is 0 Å². The average molecular weight is 262 g/mol. The first-order valence-corrected chi connectivity index (χ1v) is 6.69. The number of nitrogen functional groups attached to an aromatic ring is 1. The quantitative estimate of drug-likeness (QED) is 0.895. The highest BCUT2D eigenvalue weighted by Crippen LogP contribution is 2.31. The molecule has 3 rings (SSSR count). The summed E-state index contributed by atoms with van der Waals surface area (Å²) < 4.78 is 5.72. The van der Waals surface area contributed by atoms with E-state index in [9.17, 15) is 0 Å². The smallest absolute Gasteiger partial charge is 0.203 e. The van der Waals surface area contributed by atoms with Gasteiger partial charge in [0.2, 0.25) is 5.13 Å². The molecule has 0 amide bonds. The van der Waals surface area contributed by atoms with Gasteiger partial charge in [-0.1, -0.05) is 23.5 Å². The van der Waals surface area contributed by atoms with Crippen LogP contribution in [0, 0.1) is 0 Å². The van der Waals surface area contributed by atoms with Crippen molar-refractivity contribution in [2.24, 2.45) is 0 Å². The lowest BCUT2D eigenvalue weighted by Crippen LogP contribution is -2.23. The van der Waals surface area contributed by atoms with Crippen LogP contribution < -0.4 is 15.4 Å². The first kappa shape index (κ1) is 11.3. The molecule has 0 bridgehead atoms. The molecule has 0 aliphatic carbocycles. The molecule has 0 saturated heterocycles. The Morgan fingerprint density at radius 3 is 3.06 bits per heavy atom. The summed E-state index contributed by atoms with van der Waals surface area (Å²) in [6.45, 7) is 2.44. The predicted molar refractivity (Wildman–Crippen MR) is 71.9 cm³/mol. The van der Waals surface area contributed by atoms with Crippen molar-refractivity contribution in [1.29, 1.82) is 0 Å². The normalized spacial score (nSPS) is 14.8. The second-order valence-electron chi connectivity index (χ2n) is 4.13. The van der Waals surface area contributed by atoms with E-state index in [2.05, 4.69) is 21.2 Å². The van der Waals surface area contributed by atoms with Crippen LogP contribution in [0.25, 0.3) is 0 Å². The maximum Gasteiger partial charge on any atom is 0.203 e. The number of nitrogens with zero attached hydrogens (tertiary/aromatic N) is 3. The Balaban J connectivity index is 1.87. The lowest BCUT2D eigenvalue weighted by Gasteiger charge is -2.22. The number of hydrogen-bond donors (Lipinski definition) is 1. The van der Waals surface area contributed by atoms with Crippen LogP contribution >= 0.6 is 11.3 Å². The molecule has 1 aromatic heterocycles. The monoisotopic (exact) mass is 262 g/mol. The number of fused-ring (bicyclic) bond motifs is 1. The van der Waals surface area contributed by atoms with E-state index in [0.717, 1.165) is 42.6 Å². The molecule has 0 unspecified atom stereocenters. The zero-order valence-electron chi connectivity index (χ0n) is 9.87. The molecule has 1 aliphatic heterocycles. The second kappa shape index (κ2) is 4.81. The molecular weight excluding hydrogens is 248 g/mol.